The minimum absolute atomic E-state index is 0.158. The van der Waals surface area contributed by atoms with E-state index in [0.29, 0.717) is 17.5 Å². The summed E-state index contributed by atoms with van der Waals surface area (Å²) in [6, 6.07) is 0.965. The molecular formula is C19H36N2O2. The summed E-state index contributed by atoms with van der Waals surface area (Å²) in [5, 5.41) is 3.89. The fraction of sp³-hybridized carbons (Fsp3) is 0.947. The Bertz CT molecular complexity index is 401. The van der Waals surface area contributed by atoms with E-state index in [4.69, 9.17) is 4.74 Å². The molecule has 1 saturated carbocycles. The Morgan fingerprint density at radius 3 is 2.48 bits per heavy atom. The highest BCUT2D eigenvalue weighted by Gasteiger charge is 2.34. The third-order valence-corrected chi connectivity index (χ3v) is 5.27. The second-order valence-electron chi connectivity index (χ2n) is 9.07. The van der Waals surface area contributed by atoms with Crippen molar-refractivity contribution in [3.63, 3.8) is 0 Å². The third-order valence-electron chi connectivity index (χ3n) is 5.27. The van der Waals surface area contributed by atoms with Gasteiger partial charge in [0.15, 0.2) is 0 Å². The zero-order valence-electron chi connectivity index (χ0n) is 15.8. The molecule has 1 saturated heterocycles. The Labute approximate surface area is 142 Å². The number of hydrogen-bond acceptors (Lipinski definition) is 3. The van der Waals surface area contributed by atoms with Gasteiger partial charge in [0.1, 0.15) is 5.60 Å². The van der Waals surface area contributed by atoms with Crippen LogP contribution in [0.2, 0.25) is 0 Å². The number of hydrogen-bond donors (Lipinski definition) is 1. The second kappa shape index (κ2) is 7.42. The summed E-state index contributed by atoms with van der Waals surface area (Å²) in [5.74, 6) is 0. The number of nitrogens with one attached hydrogen (secondary N) is 1. The van der Waals surface area contributed by atoms with Crippen molar-refractivity contribution in [3.8, 4) is 0 Å². The predicted molar refractivity (Wildman–Crippen MR) is 94.6 cm³/mol. The van der Waals surface area contributed by atoms with Crippen molar-refractivity contribution in [2.24, 2.45) is 5.41 Å². The monoisotopic (exact) mass is 324 g/mol. The van der Waals surface area contributed by atoms with Crippen LogP contribution in [0.3, 0.4) is 0 Å². The fourth-order valence-electron chi connectivity index (χ4n) is 3.86. The summed E-state index contributed by atoms with van der Waals surface area (Å²) in [5.41, 5.74) is -0.0566. The van der Waals surface area contributed by atoms with Gasteiger partial charge in [0.2, 0.25) is 0 Å². The van der Waals surface area contributed by atoms with E-state index in [0.717, 1.165) is 25.9 Å². The lowest BCUT2D eigenvalue weighted by atomic mass is 9.73. The van der Waals surface area contributed by atoms with Crippen LogP contribution >= 0.6 is 0 Å². The van der Waals surface area contributed by atoms with Crippen molar-refractivity contribution in [2.45, 2.75) is 97.2 Å². The molecule has 1 amide bonds. The summed E-state index contributed by atoms with van der Waals surface area (Å²) < 4.78 is 5.57. The maximum Gasteiger partial charge on any atom is 0.410 e. The van der Waals surface area contributed by atoms with E-state index >= 15 is 0 Å². The van der Waals surface area contributed by atoms with Crippen molar-refractivity contribution in [1.82, 2.24) is 10.2 Å². The first-order chi connectivity index (χ1) is 10.7. The first kappa shape index (κ1) is 18.6. The normalized spacial score (nSPS) is 29.0. The Balaban J connectivity index is 1.95. The van der Waals surface area contributed by atoms with Gasteiger partial charge >= 0.3 is 6.09 Å². The zero-order chi connectivity index (χ0) is 17.1. The zero-order valence-corrected chi connectivity index (χ0v) is 15.8. The molecule has 2 rings (SSSR count). The Kier molecular flexibility index (Phi) is 5.99. The number of likely N-dealkylation sites (tertiary alicyclic amines) is 1. The smallest absolute Gasteiger partial charge is 0.410 e. The van der Waals surface area contributed by atoms with E-state index in [1.54, 1.807) is 0 Å². The largest absolute Gasteiger partial charge is 0.444 e. The van der Waals surface area contributed by atoms with Gasteiger partial charge in [-0.3, -0.25) is 0 Å². The summed E-state index contributed by atoms with van der Waals surface area (Å²) in [7, 11) is 0. The van der Waals surface area contributed by atoms with Crippen molar-refractivity contribution >= 4 is 6.09 Å². The molecule has 0 bridgehead atoms. The Morgan fingerprint density at radius 1 is 1.13 bits per heavy atom. The molecule has 4 nitrogen and oxygen atoms in total. The van der Waals surface area contributed by atoms with Gasteiger partial charge in [-0.1, -0.05) is 33.1 Å². The number of nitrogens with zero attached hydrogens (tertiary/aromatic N) is 1. The van der Waals surface area contributed by atoms with Crippen LogP contribution in [0.15, 0.2) is 0 Å². The second-order valence-corrected chi connectivity index (χ2v) is 9.07. The summed E-state index contributed by atoms with van der Waals surface area (Å²) in [6.07, 6.45) is 8.49. The standard InChI is InChI=1S/C19H36N2O2/c1-18(2,3)23-17(22)21-13-9-7-10-15(14-21)20-16-11-6-8-12-19(16,4)5/h15-16,20H,6-14H2,1-5H3. The molecule has 1 heterocycles. The van der Waals surface area contributed by atoms with Crippen LogP contribution in [-0.4, -0.2) is 41.8 Å². The van der Waals surface area contributed by atoms with E-state index in [2.05, 4.69) is 19.2 Å². The average molecular weight is 325 g/mol. The van der Waals surface area contributed by atoms with Crippen LogP contribution < -0.4 is 5.32 Å². The first-order valence-electron chi connectivity index (χ1n) is 9.41. The van der Waals surface area contributed by atoms with Crippen LogP contribution in [0.25, 0.3) is 0 Å². The van der Waals surface area contributed by atoms with E-state index < -0.39 is 5.60 Å². The van der Waals surface area contributed by atoms with Crippen LogP contribution in [-0.2, 0) is 4.74 Å². The van der Waals surface area contributed by atoms with Crippen molar-refractivity contribution in [2.75, 3.05) is 13.1 Å². The highest BCUT2D eigenvalue weighted by atomic mass is 16.6. The highest BCUT2D eigenvalue weighted by Crippen LogP contribution is 2.36. The van der Waals surface area contributed by atoms with Crippen molar-refractivity contribution in [3.05, 3.63) is 0 Å². The molecule has 0 radical (unpaired) electrons. The quantitative estimate of drug-likeness (QED) is 0.822. The molecule has 2 aliphatic rings. The van der Waals surface area contributed by atoms with Crippen LogP contribution in [0.5, 0.6) is 0 Å². The van der Waals surface area contributed by atoms with E-state index in [1.165, 1.54) is 32.1 Å². The minimum atomic E-state index is -0.419. The van der Waals surface area contributed by atoms with Crippen LogP contribution in [0.1, 0.15) is 79.6 Å². The molecule has 1 N–H and O–H groups in total. The third kappa shape index (κ3) is 5.66. The molecular weight excluding hydrogens is 288 g/mol. The van der Waals surface area contributed by atoms with Gasteiger partial charge in [-0.15, -0.1) is 0 Å². The maximum absolute atomic E-state index is 12.4. The molecule has 0 aromatic rings. The van der Waals surface area contributed by atoms with Crippen molar-refractivity contribution in [1.29, 1.82) is 0 Å². The Morgan fingerprint density at radius 2 is 1.83 bits per heavy atom. The number of rotatable bonds is 2. The van der Waals surface area contributed by atoms with Gasteiger partial charge < -0.3 is 15.0 Å². The van der Waals surface area contributed by atoms with Crippen LogP contribution in [0, 0.1) is 5.41 Å². The average Bonchev–Trinajstić information content (AvgIpc) is 2.65. The summed E-state index contributed by atoms with van der Waals surface area (Å²) in [4.78, 5) is 14.3. The van der Waals surface area contributed by atoms with E-state index in [9.17, 15) is 4.79 Å². The predicted octanol–water partition coefficient (Wildman–Crippen LogP) is 4.33. The van der Waals surface area contributed by atoms with Crippen molar-refractivity contribution < 1.29 is 9.53 Å². The van der Waals surface area contributed by atoms with Gasteiger partial charge in [0.25, 0.3) is 0 Å². The van der Waals surface area contributed by atoms with Gasteiger partial charge in [-0.05, 0) is 51.9 Å². The number of carbonyl (C=O) groups is 1. The first-order valence-corrected chi connectivity index (χ1v) is 9.41. The molecule has 1 aliphatic heterocycles. The minimum Gasteiger partial charge on any atom is -0.444 e. The lowest BCUT2D eigenvalue weighted by Crippen LogP contribution is -2.52. The molecule has 2 atom stereocenters. The molecule has 134 valence electrons. The highest BCUT2D eigenvalue weighted by molar-refractivity contribution is 5.68. The lowest BCUT2D eigenvalue weighted by molar-refractivity contribution is 0.0235. The molecule has 0 aromatic carbocycles. The Hall–Kier alpha value is -0.770. The summed E-state index contributed by atoms with van der Waals surface area (Å²) >= 11 is 0. The summed E-state index contributed by atoms with van der Waals surface area (Å²) in [6.45, 7) is 12.2. The van der Waals surface area contributed by atoms with E-state index in [1.807, 2.05) is 25.7 Å². The molecule has 1 aliphatic carbocycles. The topological polar surface area (TPSA) is 41.6 Å². The number of amides is 1. The van der Waals surface area contributed by atoms with Gasteiger partial charge in [0, 0.05) is 25.2 Å². The molecule has 23 heavy (non-hydrogen) atoms. The van der Waals surface area contributed by atoms with Gasteiger partial charge in [-0.25, -0.2) is 4.79 Å². The SMILES string of the molecule is CC(C)(C)OC(=O)N1CCCCC(NC2CCCCC2(C)C)C1. The van der Waals surface area contributed by atoms with Gasteiger partial charge in [-0.2, -0.15) is 0 Å². The number of ether oxygens (including phenoxy) is 1. The fourth-order valence-corrected chi connectivity index (χ4v) is 3.86. The molecule has 4 heteroatoms. The lowest BCUT2D eigenvalue weighted by Gasteiger charge is -2.41. The van der Waals surface area contributed by atoms with Gasteiger partial charge in [0.05, 0.1) is 0 Å². The number of carbonyl (C=O) groups excluding carboxylic acids is 1. The molecule has 2 unspecified atom stereocenters. The molecule has 2 fully saturated rings. The molecule has 0 spiro atoms. The molecule has 0 aromatic heterocycles. The maximum atomic E-state index is 12.4. The van der Waals surface area contributed by atoms with Crippen LogP contribution in [0.4, 0.5) is 4.79 Å². The van der Waals surface area contributed by atoms with E-state index in [-0.39, 0.29) is 6.09 Å².